The predicted octanol–water partition coefficient (Wildman–Crippen LogP) is 3.33. The van der Waals surface area contributed by atoms with Crippen LogP contribution in [0.15, 0.2) is 36.9 Å². The molecule has 0 spiro atoms. The summed E-state index contributed by atoms with van der Waals surface area (Å²) in [7, 11) is 1.84. The molecule has 16 heavy (non-hydrogen) atoms. The second kappa shape index (κ2) is 6.68. The molecule has 3 heteroatoms. The van der Waals surface area contributed by atoms with E-state index in [1.54, 1.807) is 4.90 Å². The number of hydrogen-bond acceptors (Lipinski definition) is 1. The Morgan fingerprint density at radius 1 is 1.56 bits per heavy atom. The summed E-state index contributed by atoms with van der Waals surface area (Å²) in [6.45, 7) is 4.44. The van der Waals surface area contributed by atoms with Crippen molar-refractivity contribution in [2.24, 2.45) is 0 Å². The molecule has 0 fully saturated rings. The minimum Gasteiger partial charge on any atom is -0.342 e. The van der Waals surface area contributed by atoms with Gasteiger partial charge in [0.05, 0.1) is 0 Å². The Hall–Kier alpha value is -0.840. The Bertz CT molecular complexity index is 376. The molecule has 0 N–H and O–H groups in total. The number of unbranched alkanes of at least 4 members (excludes halogenated alkanes) is 1. The van der Waals surface area contributed by atoms with Crippen molar-refractivity contribution in [1.82, 2.24) is 4.90 Å². The summed E-state index contributed by atoms with van der Waals surface area (Å²) in [5.74, 6) is 0.0857. The topological polar surface area (TPSA) is 20.3 Å². The second-order valence-electron chi connectivity index (χ2n) is 3.67. The number of carbonyl (C=O) groups is 1. The van der Waals surface area contributed by atoms with E-state index in [0.29, 0.717) is 0 Å². The van der Waals surface area contributed by atoms with Crippen LogP contribution in [0.2, 0.25) is 0 Å². The van der Waals surface area contributed by atoms with Crippen LogP contribution in [-0.4, -0.2) is 24.4 Å². The van der Waals surface area contributed by atoms with Crippen molar-refractivity contribution in [3.63, 3.8) is 0 Å². The van der Waals surface area contributed by atoms with E-state index in [1.807, 2.05) is 37.4 Å². The van der Waals surface area contributed by atoms with Gasteiger partial charge in [0.25, 0.3) is 5.91 Å². The van der Waals surface area contributed by atoms with Crippen LogP contribution in [0, 0.1) is 3.57 Å². The number of nitrogens with zero attached hydrogens (tertiary/aromatic N) is 1. The van der Waals surface area contributed by atoms with Crippen molar-refractivity contribution in [3.05, 3.63) is 46.1 Å². The highest BCUT2D eigenvalue weighted by Crippen LogP contribution is 2.10. The summed E-state index contributed by atoms with van der Waals surface area (Å²) >= 11 is 2.21. The maximum absolute atomic E-state index is 12.0. The number of carbonyl (C=O) groups excluding carboxylic acids is 1. The fraction of sp³-hybridized carbons (Fsp3) is 0.308. The predicted molar refractivity (Wildman–Crippen MR) is 75.6 cm³/mol. The Kier molecular flexibility index (Phi) is 5.52. The zero-order chi connectivity index (χ0) is 12.0. The van der Waals surface area contributed by atoms with Gasteiger partial charge in [-0.15, -0.1) is 6.58 Å². The maximum atomic E-state index is 12.0. The minimum absolute atomic E-state index is 0.0857. The van der Waals surface area contributed by atoms with E-state index in [4.69, 9.17) is 0 Å². The van der Waals surface area contributed by atoms with E-state index in [-0.39, 0.29) is 5.91 Å². The van der Waals surface area contributed by atoms with E-state index in [2.05, 4.69) is 29.2 Å². The minimum atomic E-state index is 0.0857. The SMILES string of the molecule is C=CCCCN(C)C(=O)c1cccc(I)c1. The summed E-state index contributed by atoms with van der Waals surface area (Å²) in [6, 6.07) is 7.66. The van der Waals surface area contributed by atoms with Gasteiger partial charge in [-0.25, -0.2) is 0 Å². The summed E-state index contributed by atoms with van der Waals surface area (Å²) in [5.41, 5.74) is 0.757. The number of amides is 1. The molecule has 1 amide bonds. The quantitative estimate of drug-likeness (QED) is 0.461. The number of rotatable bonds is 5. The molecule has 2 nitrogen and oxygen atoms in total. The number of halogens is 1. The third-order valence-electron chi connectivity index (χ3n) is 2.32. The summed E-state index contributed by atoms with van der Waals surface area (Å²) in [5, 5.41) is 0. The smallest absolute Gasteiger partial charge is 0.253 e. The highest BCUT2D eigenvalue weighted by Gasteiger charge is 2.10. The van der Waals surface area contributed by atoms with Crippen LogP contribution in [0.1, 0.15) is 23.2 Å². The highest BCUT2D eigenvalue weighted by atomic mass is 127. The second-order valence-corrected chi connectivity index (χ2v) is 4.91. The van der Waals surface area contributed by atoms with E-state index >= 15 is 0 Å². The van der Waals surface area contributed by atoms with Crippen LogP contribution in [0.25, 0.3) is 0 Å². The lowest BCUT2D eigenvalue weighted by atomic mass is 10.2. The molecule has 1 aromatic carbocycles. The maximum Gasteiger partial charge on any atom is 0.253 e. The standard InChI is InChI=1S/C13H16INO/c1-3-4-5-9-15(2)13(16)11-7-6-8-12(14)10-11/h3,6-8,10H,1,4-5,9H2,2H3. The third-order valence-corrected chi connectivity index (χ3v) is 2.99. The Labute approximate surface area is 110 Å². The van der Waals surface area contributed by atoms with E-state index in [9.17, 15) is 4.79 Å². The van der Waals surface area contributed by atoms with Crippen LogP contribution in [0.3, 0.4) is 0 Å². The van der Waals surface area contributed by atoms with Crippen LogP contribution in [0.4, 0.5) is 0 Å². The molecule has 0 bridgehead atoms. The molecule has 0 aliphatic carbocycles. The Balaban J connectivity index is 2.59. The first-order valence-electron chi connectivity index (χ1n) is 5.27. The van der Waals surface area contributed by atoms with E-state index in [0.717, 1.165) is 28.5 Å². The molecule has 0 aliphatic rings. The van der Waals surface area contributed by atoms with Gasteiger partial charge in [0.15, 0.2) is 0 Å². The lowest BCUT2D eigenvalue weighted by Gasteiger charge is -2.16. The zero-order valence-electron chi connectivity index (χ0n) is 9.45. The van der Waals surface area contributed by atoms with Crippen molar-refractivity contribution in [2.45, 2.75) is 12.8 Å². The lowest BCUT2D eigenvalue weighted by Crippen LogP contribution is -2.27. The van der Waals surface area contributed by atoms with E-state index < -0.39 is 0 Å². The Morgan fingerprint density at radius 2 is 2.31 bits per heavy atom. The van der Waals surface area contributed by atoms with Crippen molar-refractivity contribution < 1.29 is 4.79 Å². The normalized spacial score (nSPS) is 9.88. The van der Waals surface area contributed by atoms with Crippen LogP contribution in [-0.2, 0) is 0 Å². The molecule has 0 aromatic heterocycles. The first-order chi connectivity index (χ1) is 7.65. The van der Waals surface area contributed by atoms with Crippen molar-refractivity contribution >= 4 is 28.5 Å². The zero-order valence-corrected chi connectivity index (χ0v) is 11.6. The molecular formula is C13H16INO. The molecule has 86 valence electrons. The van der Waals surface area contributed by atoms with Gasteiger partial charge in [0.2, 0.25) is 0 Å². The van der Waals surface area contributed by atoms with Crippen LogP contribution < -0.4 is 0 Å². The first kappa shape index (κ1) is 13.2. The van der Waals surface area contributed by atoms with Gasteiger partial charge in [0, 0.05) is 22.7 Å². The van der Waals surface area contributed by atoms with Crippen LogP contribution >= 0.6 is 22.6 Å². The molecule has 0 atom stereocenters. The lowest BCUT2D eigenvalue weighted by molar-refractivity contribution is 0.0794. The van der Waals surface area contributed by atoms with Gasteiger partial charge in [0.1, 0.15) is 0 Å². The van der Waals surface area contributed by atoms with Crippen LogP contribution in [0.5, 0.6) is 0 Å². The van der Waals surface area contributed by atoms with Gasteiger partial charge in [-0.1, -0.05) is 12.1 Å². The third kappa shape index (κ3) is 3.96. The Morgan fingerprint density at radius 3 is 2.94 bits per heavy atom. The molecule has 0 aliphatic heterocycles. The summed E-state index contributed by atoms with van der Waals surface area (Å²) in [6.07, 6.45) is 3.80. The molecule has 0 heterocycles. The number of allylic oxidation sites excluding steroid dienone is 1. The van der Waals surface area contributed by atoms with Gasteiger partial charge in [-0.3, -0.25) is 4.79 Å². The van der Waals surface area contributed by atoms with Crippen molar-refractivity contribution in [1.29, 1.82) is 0 Å². The molecule has 0 radical (unpaired) electrons. The van der Waals surface area contributed by atoms with Gasteiger partial charge >= 0.3 is 0 Å². The van der Waals surface area contributed by atoms with Crippen molar-refractivity contribution in [3.8, 4) is 0 Å². The van der Waals surface area contributed by atoms with E-state index in [1.165, 1.54) is 0 Å². The molecule has 0 saturated heterocycles. The highest BCUT2D eigenvalue weighted by molar-refractivity contribution is 14.1. The molecule has 0 saturated carbocycles. The summed E-state index contributed by atoms with van der Waals surface area (Å²) in [4.78, 5) is 13.7. The average molecular weight is 329 g/mol. The molecule has 1 rings (SSSR count). The molecule has 0 unspecified atom stereocenters. The fourth-order valence-electron chi connectivity index (χ4n) is 1.42. The fourth-order valence-corrected chi connectivity index (χ4v) is 1.96. The number of hydrogen-bond donors (Lipinski definition) is 0. The van der Waals surface area contributed by atoms with Gasteiger partial charge in [-0.2, -0.15) is 0 Å². The number of benzene rings is 1. The average Bonchev–Trinajstić information content (AvgIpc) is 2.28. The van der Waals surface area contributed by atoms with Gasteiger partial charge < -0.3 is 4.90 Å². The summed E-state index contributed by atoms with van der Waals surface area (Å²) < 4.78 is 1.09. The van der Waals surface area contributed by atoms with Gasteiger partial charge in [-0.05, 0) is 53.6 Å². The molecule has 1 aromatic rings. The molecular weight excluding hydrogens is 313 g/mol. The van der Waals surface area contributed by atoms with Crippen molar-refractivity contribution in [2.75, 3.05) is 13.6 Å². The largest absolute Gasteiger partial charge is 0.342 e. The first-order valence-corrected chi connectivity index (χ1v) is 6.35. The monoisotopic (exact) mass is 329 g/mol.